The van der Waals surface area contributed by atoms with E-state index in [4.69, 9.17) is 4.43 Å². The van der Waals surface area contributed by atoms with Crippen molar-refractivity contribution in [1.29, 1.82) is 5.26 Å². The number of halogens is 1. The fourth-order valence-electron chi connectivity index (χ4n) is 7.43. The minimum atomic E-state index is -1.91. The molecule has 0 aromatic rings. The minimum absolute atomic E-state index is 0.0442. The predicted molar refractivity (Wildman–Crippen MR) is 117 cm³/mol. The minimum Gasteiger partial charge on any atom is -0.398 e. The van der Waals surface area contributed by atoms with Crippen LogP contribution in [0.25, 0.3) is 0 Å². The highest BCUT2D eigenvalue weighted by Crippen LogP contribution is 2.68. The van der Waals surface area contributed by atoms with Gasteiger partial charge in [0.15, 0.2) is 14.1 Å². The molecule has 0 aliphatic heterocycles. The van der Waals surface area contributed by atoms with Crippen molar-refractivity contribution < 1.29 is 9.22 Å². The van der Waals surface area contributed by atoms with Crippen molar-refractivity contribution >= 4 is 30.0 Å². The molecule has 3 saturated carbocycles. The molecule has 154 valence electrons. The van der Waals surface area contributed by atoms with Crippen molar-refractivity contribution in [2.75, 3.05) is 4.95 Å². The molecule has 6 atom stereocenters. The Hall–Kier alpha value is -0.443. The van der Waals surface area contributed by atoms with Gasteiger partial charge in [0.05, 0.1) is 6.07 Å². The number of rotatable bonds is 3. The number of hydrogen-bond donors (Lipinski definition) is 0. The maximum atomic E-state index is 12.0. The zero-order chi connectivity index (χ0) is 20.4. The third-order valence-corrected chi connectivity index (χ3v) is 14.6. The molecule has 0 aromatic carbocycles. The summed E-state index contributed by atoms with van der Waals surface area (Å²) < 4.78 is 6.76. The average Bonchev–Trinajstić information content (AvgIpc) is 2.94. The summed E-state index contributed by atoms with van der Waals surface area (Å²) in [5, 5.41) is 10.3. The van der Waals surface area contributed by atoms with E-state index in [1.165, 1.54) is 18.4 Å². The first kappa shape index (κ1) is 20.8. The monoisotopic (exact) mass is 463 g/mol. The summed E-state index contributed by atoms with van der Waals surface area (Å²) in [4.78, 5) is 12.9. The third-order valence-electron chi connectivity index (χ3n) is 9.03. The Kier molecular flexibility index (Phi) is 5.04. The second kappa shape index (κ2) is 6.79. The first-order chi connectivity index (χ1) is 13.1. The Morgan fingerprint density at radius 3 is 2.57 bits per heavy atom. The summed E-state index contributed by atoms with van der Waals surface area (Å²) in [5.74, 6) is 2.23. The first-order valence-electron chi connectivity index (χ1n) is 11.0. The fourth-order valence-corrected chi connectivity index (χ4v) is 9.15. The second-order valence-corrected chi connectivity index (χ2v) is 16.6. The lowest BCUT2D eigenvalue weighted by Crippen LogP contribution is -2.58. The van der Waals surface area contributed by atoms with Gasteiger partial charge in [0.1, 0.15) is 5.60 Å². The number of carbonyl (C=O) groups is 1. The molecule has 0 saturated heterocycles. The molecule has 0 N–H and O–H groups in total. The number of nitrogens with zero attached hydrogens (tertiary/aromatic N) is 1. The van der Waals surface area contributed by atoms with Gasteiger partial charge in [-0.15, -0.1) is 0 Å². The Morgan fingerprint density at radius 2 is 1.89 bits per heavy atom. The third kappa shape index (κ3) is 2.85. The van der Waals surface area contributed by atoms with Crippen LogP contribution in [0.3, 0.4) is 0 Å². The molecule has 0 aromatic heterocycles. The summed E-state index contributed by atoms with van der Waals surface area (Å²) in [6, 6.07) is 2.71. The van der Waals surface area contributed by atoms with Crippen LogP contribution in [0.1, 0.15) is 65.2 Å². The Bertz CT molecular complexity index is 758. The van der Waals surface area contributed by atoms with Crippen LogP contribution < -0.4 is 0 Å². The van der Waals surface area contributed by atoms with Crippen LogP contribution in [0.15, 0.2) is 11.6 Å². The summed E-state index contributed by atoms with van der Waals surface area (Å²) in [7, 11) is -1.91. The van der Waals surface area contributed by atoms with E-state index in [0.717, 1.165) is 37.1 Å². The molecule has 4 rings (SSSR count). The molecule has 1 unspecified atom stereocenters. The average molecular weight is 465 g/mol. The lowest BCUT2D eigenvalue weighted by Gasteiger charge is -2.59. The normalized spacial score (nSPS) is 45.5. The maximum Gasteiger partial charge on any atom is 0.199 e. The van der Waals surface area contributed by atoms with Gasteiger partial charge in [-0.3, -0.25) is 4.79 Å². The van der Waals surface area contributed by atoms with Crippen LogP contribution >= 0.6 is 15.9 Å². The van der Waals surface area contributed by atoms with E-state index < -0.39 is 13.9 Å². The van der Waals surface area contributed by atoms with Gasteiger partial charge in [-0.05, 0) is 87.3 Å². The van der Waals surface area contributed by atoms with Crippen molar-refractivity contribution in [3.63, 3.8) is 0 Å². The molecule has 0 radical (unpaired) electrons. The van der Waals surface area contributed by atoms with Crippen LogP contribution in [-0.2, 0) is 9.22 Å². The summed E-state index contributed by atoms with van der Waals surface area (Å²) in [5.41, 5.74) is 0.950. The molecule has 3 fully saturated rings. The molecule has 5 heteroatoms. The topological polar surface area (TPSA) is 50.1 Å². The van der Waals surface area contributed by atoms with Crippen molar-refractivity contribution in [3.8, 4) is 6.07 Å². The lowest BCUT2D eigenvalue weighted by atomic mass is 9.46. The van der Waals surface area contributed by atoms with Gasteiger partial charge < -0.3 is 4.43 Å². The summed E-state index contributed by atoms with van der Waals surface area (Å²) >= 11 is 3.64. The number of hydrogen-bond acceptors (Lipinski definition) is 3. The van der Waals surface area contributed by atoms with Crippen LogP contribution in [0.2, 0.25) is 13.1 Å². The first-order valence-corrected chi connectivity index (χ1v) is 15.3. The zero-order valence-corrected chi connectivity index (χ0v) is 20.4. The van der Waals surface area contributed by atoms with E-state index in [1.807, 2.05) is 6.08 Å². The van der Waals surface area contributed by atoms with Gasteiger partial charge in [-0.25, -0.2) is 0 Å². The van der Waals surface area contributed by atoms with Crippen molar-refractivity contribution in [2.24, 2.45) is 28.6 Å². The van der Waals surface area contributed by atoms with Gasteiger partial charge in [0.25, 0.3) is 0 Å². The number of allylic oxidation sites excluding steroid dienone is 1. The van der Waals surface area contributed by atoms with Crippen molar-refractivity contribution in [2.45, 2.75) is 83.9 Å². The fraction of sp³-hybridized carbons (Fsp3) is 0.826. The van der Waals surface area contributed by atoms with Gasteiger partial charge >= 0.3 is 0 Å². The Morgan fingerprint density at radius 1 is 1.18 bits per heavy atom. The van der Waals surface area contributed by atoms with E-state index in [-0.39, 0.29) is 10.8 Å². The molecule has 4 aliphatic rings. The van der Waals surface area contributed by atoms with Crippen molar-refractivity contribution in [3.05, 3.63) is 11.6 Å². The van der Waals surface area contributed by atoms with E-state index in [1.54, 1.807) is 0 Å². The number of nitriles is 1. The zero-order valence-electron chi connectivity index (χ0n) is 17.8. The van der Waals surface area contributed by atoms with Crippen LogP contribution in [0.5, 0.6) is 0 Å². The predicted octanol–water partition coefficient (Wildman–Crippen LogP) is 5.94. The molecular weight excluding hydrogens is 430 g/mol. The highest BCUT2D eigenvalue weighted by Gasteiger charge is 2.66. The SMILES string of the molecule is C[C@]12CCC(=O)C=C1CC[C@@H]1[C@H]2CC[C@@]2(C)[C@H]1CCC2(C#N)O[Si](C)(C)CBr. The Balaban J connectivity index is 1.67. The standard InChI is InChI=1S/C23H34BrNO2Si/c1-21-10-7-17(26)13-16(21)5-6-18-19(21)8-11-22(2)20(18)9-12-23(22,14-25)27-28(3,4)15-24/h13,18-20H,5-12,15H2,1-4H3/t18-,19-,20+,21+,22+,23?/m1/s1. The lowest BCUT2D eigenvalue weighted by molar-refractivity contribution is -0.118. The smallest absolute Gasteiger partial charge is 0.199 e. The number of alkyl halides is 1. The van der Waals surface area contributed by atoms with Gasteiger partial charge in [0, 0.05) is 16.8 Å². The van der Waals surface area contributed by atoms with E-state index >= 15 is 0 Å². The second-order valence-electron chi connectivity index (χ2n) is 10.9. The molecule has 0 amide bonds. The molecule has 3 nitrogen and oxygen atoms in total. The molecule has 0 bridgehead atoms. The number of carbonyl (C=O) groups excluding carboxylic acids is 1. The quantitative estimate of drug-likeness (QED) is 0.384. The van der Waals surface area contributed by atoms with Crippen LogP contribution in [0.4, 0.5) is 0 Å². The van der Waals surface area contributed by atoms with Crippen molar-refractivity contribution in [1.82, 2.24) is 0 Å². The van der Waals surface area contributed by atoms with Gasteiger partial charge in [0.2, 0.25) is 0 Å². The van der Waals surface area contributed by atoms with Gasteiger partial charge in [-0.2, -0.15) is 5.26 Å². The van der Waals surface area contributed by atoms with E-state index in [0.29, 0.717) is 30.0 Å². The molecule has 0 spiro atoms. The van der Waals surface area contributed by atoms with E-state index in [2.05, 4.69) is 48.9 Å². The molecule has 28 heavy (non-hydrogen) atoms. The largest absolute Gasteiger partial charge is 0.398 e. The van der Waals surface area contributed by atoms with Gasteiger partial charge in [-0.1, -0.05) is 35.4 Å². The highest BCUT2D eigenvalue weighted by molar-refractivity contribution is 9.09. The molecule has 4 aliphatic carbocycles. The van der Waals surface area contributed by atoms with E-state index in [9.17, 15) is 10.1 Å². The molecular formula is C23H34BrNO2Si. The summed E-state index contributed by atoms with van der Waals surface area (Å²) in [6.45, 7) is 9.23. The molecule has 0 heterocycles. The van der Waals surface area contributed by atoms with Crippen LogP contribution in [-0.4, -0.2) is 24.7 Å². The highest BCUT2D eigenvalue weighted by atomic mass is 79.9. The Labute approximate surface area is 179 Å². The van der Waals surface area contributed by atoms with Crippen LogP contribution in [0, 0.1) is 39.9 Å². The summed E-state index contributed by atoms with van der Waals surface area (Å²) in [6.07, 6.45) is 10.2. The number of fused-ring (bicyclic) bond motifs is 5. The maximum absolute atomic E-state index is 12.0. The number of ketones is 1.